The average molecular weight is 282 g/mol. The first-order chi connectivity index (χ1) is 9.63. The molecule has 1 aliphatic rings. The molecule has 1 aliphatic carbocycles. The predicted octanol–water partition coefficient (Wildman–Crippen LogP) is 2.04. The minimum absolute atomic E-state index is 0.376. The molecule has 0 unspecified atom stereocenters. The normalized spacial score (nSPS) is 16.6. The second-order valence-corrected chi connectivity index (χ2v) is 6.12. The van der Waals surface area contributed by atoms with Crippen molar-refractivity contribution in [2.75, 3.05) is 32.1 Å². The zero-order valence-corrected chi connectivity index (χ0v) is 12.7. The zero-order valence-electron chi connectivity index (χ0n) is 12.7. The van der Waals surface area contributed by atoms with Crippen molar-refractivity contribution in [3.05, 3.63) is 5.89 Å². The maximum absolute atomic E-state index is 5.57. The maximum Gasteiger partial charge on any atom is 0.315 e. The van der Waals surface area contributed by atoms with Crippen LogP contribution in [0.1, 0.15) is 39.0 Å². The van der Waals surface area contributed by atoms with Gasteiger partial charge in [0.2, 0.25) is 5.89 Å². The minimum atomic E-state index is 0.376. The molecule has 1 fully saturated rings. The summed E-state index contributed by atoms with van der Waals surface area (Å²) in [6, 6.07) is 0.523. The molecule has 0 aromatic carbocycles. The van der Waals surface area contributed by atoms with Gasteiger partial charge in [0, 0.05) is 20.3 Å². The molecule has 6 nitrogen and oxygen atoms in total. The van der Waals surface area contributed by atoms with Crippen LogP contribution in [0.25, 0.3) is 0 Å². The van der Waals surface area contributed by atoms with Crippen molar-refractivity contribution in [2.45, 2.75) is 39.7 Å². The fraction of sp³-hybridized carbons (Fsp3) is 0.857. The number of aromatic nitrogens is 2. The summed E-state index contributed by atoms with van der Waals surface area (Å²) in [7, 11) is 1.75. The SMILES string of the molecule is COCCC1(CNc2nnc(CNCC(C)C)o2)CC1. The Hall–Kier alpha value is -1.14. The van der Waals surface area contributed by atoms with Gasteiger partial charge < -0.3 is 19.8 Å². The van der Waals surface area contributed by atoms with Gasteiger partial charge in [0.05, 0.1) is 6.54 Å². The quantitative estimate of drug-likeness (QED) is 0.684. The number of rotatable bonds is 10. The third kappa shape index (κ3) is 4.76. The van der Waals surface area contributed by atoms with Crippen molar-refractivity contribution < 1.29 is 9.15 Å². The van der Waals surface area contributed by atoms with Crippen LogP contribution < -0.4 is 10.6 Å². The van der Waals surface area contributed by atoms with Gasteiger partial charge >= 0.3 is 6.01 Å². The molecule has 2 N–H and O–H groups in total. The number of hydrogen-bond donors (Lipinski definition) is 2. The van der Waals surface area contributed by atoms with Crippen LogP contribution in [0.15, 0.2) is 4.42 Å². The van der Waals surface area contributed by atoms with Crippen molar-refractivity contribution in [3.63, 3.8) is 0 Å². The van der Waals surface area contributed by atoms with E-state index in [1.807, 2.05) is 0 Å². The molecule has 114 valence electrons. The first kappa shape index (κ1) is 15.3. The highest BCUT2D eigenvalue weighted by atomic mass is 16.5. The Morgan fingerprint density at radius 3 is 2.80 bits per heavy atom. The van der Waals surface area contributed by atoms with Crippen LogP contribution >= 0.6 is 0 Å². The van der Waals surface area contributed by atoms with Crippen molar-refractivity contribution in [3.8, 4) is 0 Å². The lowest BCUT2D eigenvalue weighted by Crippen LogP contribution is -2.19. The largest absolute Gasteiger partial charge is 0.407 e. The monoisotopic (exact) mass is 282 g/mol. The average Bonchev–Trinajstić information content (AvgIpc) is 3.05. The molecule has 20 heavy (non-hydrogen) atoms. The van der Waals surface area contributed by atoms with E-state index >= 15 is 0 Å². The number of methoxy groups -OCH3 is 1. The highest BCUT2D eigenvalue weighted by molar-refractivity contribution is 5.19. The van der Waals surface area contributed by atoms with Gasteiger partial charge in [-0.05, 0) is 37.1 Å². The summed E-state index contributed by atoms with van der Waals surface area (Å²) in [5.41, 5.74) is 0.376. The standard InChI is InChI=1S/C14H26N4O2/c1-11(2)8-15-9-12-17-18-13(20-12)16-10-14(4-5-14)6-7-19-3/h11,15H,4-10H2,1-3H3,(H,16,18). The van der Waals surface area contributed by atoms with E-state index in [4.69, 9.17) is 9.15 Å². The van der Waals surface area contributed by atoms with E-state index in [2.05, 4.69) is 34.7 Å². The topological polar surface area (TPSA) is 72.2 Å². The number of nitrogens with zero attached hydrogens (tertiary/aromatic N) is 2. The first-order valence-corrected chi connectivity index (χ1v) is 7.39. The maximum atomic E-state index is 5.57. The Labute approximate surface area is 120 Å². The van der Waals surface area contributed by atoms with Crippen LogP contribution in [0.2, 0.25) is 0 Å². The summed E-state index contributed by atoms with van der Waals surface area (Å²) in [5.74, 6) is 1.25. The van der Waals surface area contributed by atoms with Crippen LogP contribution in [0.4, 0.5) is 6.01 Å². The minimum Gasteiger partial charge on any atom is -0.407 e. The van der Waals surface area contributed by atoms with E-state index in [0.717, 1.165) is 26.1 Å². The van der Waals surface area contributed by atoms with Gasteiger partial charge in [0.1, 0.15) is 0 Å². The number of nitrogens with one attached hydrogen (secondary N) is 2. The molecule has 0 radical (unpaired) electrons. The van der Waals surface area contributed by atoms with Gasteiger partial charge in [0.15, 0.2) is 0 Å². The van der Waals surface area contributed by atoms with E-state index in [0.29, 0.717) is 29.8 Å². The predicted molar refractivity (Wildman–Crippen MR) is 77.5 cm³/mol. The van der Waals surface area contributed by atoms with Crippen LogP contribution in [0.5, 0.6) is 0 Å². The van der Waals surface area contributed by atoms with Crippen molar-refractivity contribution in [1.82, 2.24) is 15.5 Å². The number of hydrogen-bond acceptors (Lipinski definition) is 6. The molecule has 0 atom stereocenters. The summed E-state index contributed by atoms with van der Waals surface area (Å²) in [4.78, 5) is 0. The van der Waals surface area contributed by atoms with Crippen LogP contribution in [0, 0.1) is 11.3 Å². The highest BCUT2D eigenvalue weighted by Gasteiger charge is 2.42. The molecule has 0 amide bonds. The van der Waals surface area contributed by atoms with E-state index in [1.165, 1.54) is 12.8 Å². The molecule has 0 spiro atoms. The van der Waals surface area contributed by atoms with Crippen LogP contribution in [0.3, 0.4) is 0 Å². The van der Waals surface area contributed by atoms with Crippen molar-refractivity contribution >= 4 is 6.01 Å². The molecule has 0 aliphatic heterocycles. The van der Waals surface area contributed by atoms with E-state index < -0.39 is 0 Å². The Bertz CT molecular complexity index is 402. The summed E-state index contributed by atoms with van der Waals surface area (Å²) < 4.78 is 10.7. The molecule has 0 bridgehead atoms. The highest BCUT2D eigenvalue weighted by Crippen LogP contribution is 2.48. The zero-order chi connectivity index (χ0) is 14.4. The lowest BCUT2D eigenvalue weighted by molar-refractivity contribution is 0.174. The summed E-state index contributed by atoms with van der Waals surface area (Å²) >= 11 is 0. The molecule has 1 saturated carbocycles. The number of anilines is 1. The second kappa shape index (κ2) is 7.04. The molecule has 1 heterocycles. The molecule has 0 saturated heterocycles. The van der Waals surface area contributed by atoms with E-state index in [-0.39, 0.29) is 0 Å². The Morgan fingerprint density at radius 2 is 2.15 bits per heavy atom. The Morgan fingerprint density at radius 1 is 1.35 bits per heavy atom. The summed E-state index contributed by atoms with van der Waals surface area (Å²) in [6.45, 7) is 7.62. The van der Waals surface area contributed by atoms with Crippen molar-refractivity contribution in [2.24, 2.45) is 11.3 Å². The van der Waals surface area contributed by atoms with Gasteiger partial charge in [-0.15, -0.1) is 5.10 Å². The smallest absolute Gasteiger partial charge is 0.315 e. The molecule has 2 rings (SSSR count). The Kier molecular flexibility index (Phi) is 5.37. The van der Waals surface area contributed by atoms with Crippen molar-refractivity contribution in [1.29, 1.82) is 0 Å². The van der Waals surface area contributed by atoms with Gasteiger partial charge in [-0.25, -0.2) is 0 Å². The molecule has 1 aromatic heterocycles. The second-order valence-electron chi connectivity index (χ2n) is 6.12. The van der Waals surface area contributed by atoms with Gasteiger partial charge in [-0.2, -0.15) is 0 Å². The van der Waals surface area contributed by atoms with E-state index in [1.54, 1.807) is 7.11 Å². The third-order valence-electron chi connectivity index (χ3n) is 3.70. The van der Waals surface area contributed by atoms with Gasteiger partial charge in [0.25, 0.3) is 0 Å². The summed E-state index contributed by atoms with van der Waals surface area (Å²) in [5, 5.41) is 14.6. The molecule has 6 heteroatoms. The fourth-order valence-corrected chi connectivity index (χ4v) is 2.14. The van der Waals surface area contributed by atoms with Crippen LogP contribution in [-0.4, -0.2) is 37.0 Å². The lowest BCUT2D eigenvalue weighted by atomic mass is 10.0. The molecular formula is C14H26N4O2. The van der Waals surface area contributed by atoms with Crippen LogP contribution in [-0.2, 0) is 11.3 Å². The summed E-state index contributed by atoms with van der Waals surface area (Å²) in [6.07, 6.45) is 3.59. The van der Waals surface area contributed by atoms with E-state index in [9.17, 15) is 0 Å². The lowest BCUT2D eigenvalue weighted by Gasteiger charge is -2.13. The third-order valence-corrected chi connectivity index (χ3v) is 3.70. The van der Waals surface area contributed by atoms with Gasteiger partial charge in [-0.3, -0.25) is 0 Å². The Balaban J connectivity index is 1.70. The van der Waals surface area contributed by atoms with Gasteiger partial charge in [-0.1, -0.05) is 18.9 Å². The first-order valence-electron chi connectivity index (χ1n) is 7.39. The fourth-order valence-electron chi connectivity index (χ4n) is 2.14. The number of ether oxygens (including phenoxy) is 1. The molecular weight excluding hydrogens is 256 g/mol. The molecule has 1 aromatic rings.